The highest BCUT2D eigenvalue weighted by atomic mass is 32.1. The van der Waals surface area contributed by atoms with Gasteiger partial charge in [-0.2, -0.15) is 0 Å². The fourth-order valence-electron chi connectivity index (χ4n) is 1.68. The maximum Gasteiger partial charge on any atom is 0.356 e. The number of aryl methyl sites for hydroxylation is 1. The first-order valence-electron chi connectivity index (χ1n) is 5.82. The van der Waals surface area contributed by atoms with Gasteiger partial charge in [-0.3, -0.25) is 4.79 Å². The van der Waals surface area contributed by atoms with Crippen molar-refractivity contribution in [3.05, 3.63) is 28.8 Å². The van der Waals surface area contributed by atoms with E-state index in [0.29, 0.717) is 11.7 Å². The lowest BCUT2D eigenvalue weighted by Gasteiger charge is -2.14. The molecule has 0 saturated carbocycles. The van der Waals surface area contributed by atoms with Gasteiger partial charge in [0, 0.05) is 33.4 Å². The summed E-state index contributed by atoms with van der Waals surface area (Å²) in [6.45, 7) is 1.82. The molecular formula is C12H14N4O3S. The Balaban J connectivity index is 2.29. The van der Waals surface area contributed by atoms with E-state index in [0.717, 1.165) is 17.2 Å². The molecule has 0 radical (unpaired) electrons. The van der Waals surface area contributed by atoms with Gasteiger partial charge in [0.25, 0.3) is 0 Å². The summed E-state index contributed by atoms with van der Waals surface area (Å²) in [6, 6.07) is 0. The Morgan fingerprint density at radius 3 is 2.65 bits per heavy atom. The average Bonchev–Trinajstić information content (AvgIpc) is 2.96. The first kappa shape index (κ1) is 14.2. The van der Waals surface area contributed by atoms with Crippen LogP contribution < -0.4 is 4.90 Å². The molecule has 1 N–H and O–H groups in total. The van der Waals surface area contributed by atoms with Gasteiger partial charge in [0.15, 0.2) is 16.6 Å². The highest BCUT2D eigenvalue weighted by Crippen LogP contribution is 2.27. The van der Waals surface area contributed by atoms with Gasteiger partial charge in [0.05, 0.1) is 6.54 Å². The van der Waals surface area contributed by atoms with Crippen LogP contribution in [-0.2, 0) is 13.6 Å². The molecule has 0 bridgehead atoms. The van der Waals surface area contributed by atoms with E-state index >= 15 is 0 Å². The number of nitrogens with zero attached hydrogens (tertiary/aromatic N) is 4. The van der Waals surface area contributed by atoms with Crippen LogP contribution in [0.2, 0.25) is 0 Å². The summed E-state index contributed by atoms with van der Waals surface area (Å²) >= 11 is 1.08. The predicted octanol–water partition coefficient (Wildman–Crippen LogP) is 1.41. The molecule has 0 saturated heterocycles. The van der Waals surface area contributed by atoms with Gasteiger partial charge in [-0.15, -0.1) is 0 Å². The van der Waals surface area contributed by atoms with Crippen LogP contribution >= 0.6 is 11.3 Å². The minimum absolute atomic E-state index is 0.166. The van der Waals surface area contributed by atoms with Crippen molar-refractivity contribution in [1.82, 2.24) is 14.5 Å². The number of aromatic nitrogens is 3. The average molecular weight is 294 g/mol. The van der Waals surface area contributed by atoms with E-state index in [9.17, 15) is 9.59 Å². The second-order valence-electron chi connectivity index (χ2n) is 4.35. The minimum Gasteiger partial charge on any atom is -0.476 e. The van der Waals surface area contributed by atoms with E-state index < -0.39 is 5.97 Å². The fourth-order valence-corrected chi connectivity index (χ4v) is 2.60. The summed E-state index contributed by atoms with van der Waals surface area (Å²) < 4.78 is 1.87. The van der Waals surface area contributed by atoms with E-state index in [-0.39, 0.29) is 16.4 Å². The second-order valence-corrected chi connectivity index (χ2v) is 5.32. The van der Waals surface area contributed by atoms with Crippen LogP contribution in [0.1, 0.15) is 32.9 Å². The summed E-state index contributed by atoms with van der Waals surface area (Å²) in [5, 5.41) is 9.55. The number of rotatable bonds is 5. The SMILES string of the molecule is CC(=O)c1sc(N(C)Cc2nccn2C)nc1C(=O)O. The molecule has 106 valence electrons. The molecule has 0 atom stereocenters. The molecule has 2 heterocycles. The molecule has 0 spiro atoms. The first-order valence-corrected chi connectivity index (χ1v) is 6.64. The Morgan fingerprint density at radius 2 is 2.20 bits per heavy atom. The minimum atomic E-state index is -1.19. The lowest BCUT2D eigenvalue weighted by Crippen LogP contribution is -2.19. The Bertz CT molecular complexity index is 630. The van der Waals surface area contributed by atoms with Crippen LogP contribution in [0.15, 0.2) is 12.4 Å². The van der Waals surface area contributed by atoms with Crippen molar-refractivity contribution in [3.8, 4) is 0 Å². The van der Waals surface area contributed by atoms with Gasteiger partial charge in [0.2, 0.25) is 0 Å². The number of ketones is 1. The number of carbonyl (C=O) groups is 2. The van der Waals surface area contributed by atoms with Crippen molar-refractivity contribution in [3.63, 3.8) is 0 Å². The number of anilines is 1. The van der Waals surface area contributed by atoms with Crippen molar-refractivity contribution < 1.29 is 14.7 Å². The third-order valence-corrected chi connectivity index (χ3v) is 4.03. The molecule has 0 amide bonds. The van der Waals surface area contributed by atoms with E-state index in [2.05, 4.69) is 9.97 Å². The van der Waals surface area contributed by atoms with Crippen LogP contribution in [0.25, 0.3) is 0 Å². The van der Waals surface area contributed by atoms with E-state index in [4.69, 9.17) is 5.11 Å². The number of carboxylic acid groups (broad SMARTS) is 1. The Hall–Kier alpha value is -2.22. The Morgan fingerprint density at radius 1 is 1.50 bits per heavy atom. The molecule has 0 unspecified atom stereocenters. The standard InChI is InChI=1S/C12H14N4O3S/c1-7(17)10-9(11(18)19)14-12(20-10)16(3)6-8-13-4-5-15(8)2/h4-5H,6H2,1-3H3,(H,18,19). The molecule has 8 heteroatoms. The third kappa shape index (κ3) is 2.69. The van der Waals surface area contributed by atoms with Crippen molar-refractivity contribution in [2.24, 2.45) is 7.05 Å². The molecule has 0 aliphatic carbocycles. The van der Waals surface area contributed by atoms with Crippen molar-refractivity contribution in [2.45, 2.75) is 13.5 Å². The second kappa shape index (κ2) is 5.41. The molecule has 0 fully saturated rings. The molecule has 0 aliphatic heterocycles. The third-order valence-electron chi connectivity index (χ3n) is 2.76. The molecule has 0 aliphatic rings. The van der Waals surface area contributed by atoms with Crippen LogP contribution in [0.5, 0.6) is 0 Å². The summed E-state index contributed by atoms with van der Waals surface area (Å²) in [5.41, 5.74) is -0.191. The predicted molar refractivity (Wildman–Crippen MR) is 74.4 cm³/mol. The summed E-state index contributed by atoms with van der Waals surface area (Å²) in [5.74, 6) is -0.663. The van der Waals surface area contributed by atoms with Gasteiger partial charge in [-0.1, -0.05) is 11.3 Å². The maximum atomic E-state index is 11.4. The summed E-state index contributed by atoms with van der Waals surface area (Å²) in [4.78, 5) is 32.7. The van der Waals surface area contributed by atoms with E-state index in [1.54, 1.807) is 18.1 Å². The normalized spacial score (nSPS) is 10.6. The van der Waals surface area contributed by atoms with Crippen LogP contribution in [0.3, 0.4) is 0 Å². The van der Waals surface area contributed by atoms with Gasteiger partial charge in [0.1, 0.15) is 10.7 Å². The zero-order valence-electron chi connectivity index (χ0n) is 11.3. The lowest BCUT2D eigenvalue weighted by atomic mass is 10.3. The molecule has 0 aromatic carbocycles. The molecule has 7 nitrogen and oxygen atoms in total. The number of hydrogen-bond donors (Lipinski definition) is 1. The zero-order chi connectivity index (χ0) is 14.9. The lowest BCUT2D eigenvalue weighted by molar-refractivity contribution is 0.0687. The van der Waals surface area contributed by atoms with E-state index in [1.807, 2.05) is 17.8 Å². The number of aromatic carboxylic acids is 1. The van der Waals surface area contributed by atoms with Crippen molar-refractivity contribution >= 4 is 28.2 Å². The smallest absolute Gasteiger partial charge is 0.356 e. The number of imidazole rings is 1. The summed E-state index contributed by atoms with van der Waals surface area (Å²) in [6.07, 6.45) is 3.52. The van der Waals surface area contributed by atoms with Crippen molar-refractivity contribution in [1.29, 1.82) is 0 Å². The monoisotopic (exact) mass is 294 g/mol. The highest BCUT2D eigenvalue weighted by Gasteiger charge is 2.22. The van der Waals surface area contributed by atoms with Crippen LogP contribution in [0.4, 0.5) is 5.13 Å². The highest BCUT2D eigenvalue weighted by molar-refractivity contribution is 7.17. The number of carboxylic acids is 1. The number of hydrogen-bond acceptors (Lipinski definition) is 6. The zero-order valence-corrected chi connectivity index (χ0v) is 12.1. The molecule has 2 aromatic rings. The van der Waals surface area contributed by atoms with Gasteiger partial charge >= 0.3 is 5.97 Å². The largest absolute Gasteiger partial charge is 0.476 e. The van der Waals surface area contributed by atoms with Crippen LogP contribution in [-0.4, -0.2) is 38.4 Å². The maximum absolute atomic E-state index is 11.4. The Labute approximate surface area is 119 Å². The molecule has 20 heavy (non-hydrogen) atoms. The topological polar surface area (TPSA) is 88.3 Å². The quantitative estimate of drug-likeness (QED) is 0.839. The fraction of sp³-hybridized carbons (Fsp3) is 0.333. The first-order chi connectivity index (χ1) is 9.40. The molecule has 2 aromatic heterocycles. The number of Topliss-reactive ketones (excluding diaryl/α,β-unsaturated/α-hetero) is 1. The van der Waals surface area contributed by atoms with Crippen molar-refractivity contribution in [2.75, 3.05) is 11.9 Å². The molecule has 2 rings (SSSR count). The van der Waals surface area contributed by atoms with Crippen LogP contribution in [0, 0.1) is 0 Å². The molecular weight excluding hydrogens is 280 g/mol. The van der Waals surface area contributed by atoms with E-state index in [1.165, 1.54) is 6.92 Å². The number of thiazole rings is 1. The van der Waals surface area contributed by atoms with Gasteiger partial charge in [-0.25, -0.2) is 14.8 Å². The summed E-state index contributed by atoms with van der Waals surface area (Å²) in [7, 11) is 3.66. The number of carbonyl (C=O) groups excluding carboxylic acids is 1. The van der Waals surface area contributed by atoms with Gasteiger partial charge in [-0.05, 0) is 0 Å². The van der Waals surface area contributed by atoms with Gasteiger partial charge < -0.3 is 14.6 Å². The Kier molecular flexibility index (Phi) is 3.84.